The molecule has 0 radical (unpaired) electrons. The third kappa shape index (κ3) is 3.14. The summed E-state index contributed by atoms with van der Waals surface area (Å²) in [6.45, 7) is 3.82. The van der Waals surface area contributed by atoms with Crippen LogP contribution in [0.25, 0.3) is 0 Å². The summed E-state index contributed by atoms with van der Waals surface area (Å²) >= 11 is 0. The van der Waals surface area contributed by atoms with Crippen molar-refractivity contribution < 1.29 is 13.9 Å². The van der Waals surface area contributed by atoms with E-state index in [0.29, 0.717) is 5.56 Å². The van der Waals surface area contributed by atoms with E-state index in [4.69, 9.17) is 4.74 Å². The number of carbonyl (C=O) groups is 1. The molecule has 0 aliphatic carbocycles. The molecule has 1 aromatic rings. The molecule has 2 nitrogen and oxygen atoms in total. The maximum absolute atomic E-state index is 13.3. The Balaban J connectivity index is 2.74. The maximum atomic E-state index is 13.3. The molecule has 0 aromatic heterocycles. The first kappa shape index (κ1) is 12.8. The molecule has 0 saturated heterocycles. The highest BCUT2D eigenvalue weighted by Crippen LogP contribution is 2.13. The van der Waals surface area contributed by atoms with Crippen molar-refractivity contribution >= 4 is 5.78 Å². The van der Waals surface area contributed by atoms with Gasteiger partial charge in [-0.15, -0.1) is 0 Å². The van der Waals surface area contributed by atoms with Crippen LogP contribution in [0.4, 0.5) is 4.39 Å². The normalized spacial score (nSPS) is 12.8. The SMILES string of the molecule is COC(C(=O)Cc1ccccc1F)C(C)C. The number of Topliss-reactive ketones (excluding diaryl/α,β-unsaturated/α-hetero) is 1. The highest BCUT2D eigenvalue weighted by Gasteiger charge is 2.22. The second-order valence-electron chi connectivity index (χ2n) is 4.13. The number of hydrogen-bond donors (Lipinski definition) is 0. The van der Waals surface area contributed by atoms with E-state index in [1.54, 1.807) is 18.2 Å². The van der Waals surface area contributed by atoms with E-state index < -0.39 is 6.10 Å². The summed E-state index contributed by atoms with van der Waals surface area (Å²) in [6, 6.07) is 6.32. The first-order valence-corrected chi connectivity index (χ1v) is 5.35. The van der Waals surface area contributed by atoms with Crippen LogP contribution < -0.4 is 0 Å². The number of methoxy groups -OCH3 is 1. The highest BCUT2D eigenvalue weighted by atomic mass is 19.1. The van der Waals surface area contributed by atoms with E-state index in [1.807, 2.05) is 13.8 Å². The van der Waals surface area contributed by atoms with Crippen molar-refractivity contribution in [1.29, 1.82) is 0 Å². The summed E-state index contributed by atoms with van der Waals surface area (Å²) in [6.07, 6.45) is -0.372. The number of carbonyl (C=O) groups excluding carboxylic acids is 1. The van der Waals surface area contributed by atoms with Crippen LogP contribution in [-0.2, 0) is 16.0 Å². The third-order valence-electron chi connectivity index (χ3n) is 2.50. The molecule has 0 spiro atoms. The van der Waals surface area contributed by atoms with Gasteiger partial charge in [0.2, 0.25) is 0 Å². The molecule has 0 saturated carbocycles. The molecule has 0 bridgehead atoms. The summed E-state index contributed by atoms with van der Waals surface area (Å²) < 4.78 is 18.4. The van der Waals surface area contributed by atoms with Crippen LogP contribution in [0.1, 0.15) is 19.4 Å². The molecule has 0 aliphatic rings. The Kier molecular flexibility index (Phi) is 4.62. The van der Waals surface area contributed by atoms with Crippen molar-refractivity contribution in [3.8, 4) is 0 Å². The molecule has 88 valence electrons. The van der Waals surface area contributed by atoms with E-state index in [0.717, 1.165) is 0 Å². The maximum Gasteiger partial charge on any atom is 0.166 e. The molecule has 0 heterocycles. The standard InChI is InChI=1S/C13H17FO2/c1-9(2)13(16-3)12(15)8-10-6-4-5-7-11(10)14/h4-7,9,13H,8H2,1-3H3. The average molecular weight is 224 g/mol. The predicted octanol–water partition coefficient (Wildman–Crippen LogP) is 2.61. The van der Waals surface area contributed by atoms with Crippen molar-refractivity contribution in [3.05, 3.63) is 35.6 Å². The van der Waals surface area contributed by atoms with Crippen LogP contribution in [0.5, 0.6) is 0 Å². The molecule has 0 N–H and O–H groups in total. The van der Waals surface area contributed by atoms with E-state index >= 15 is 0 Å². The molecule has 0 fully saturated rings. The van der Waals surface area contributed by atoms with Gasteiger partial charge < -0.3 is 4.74 Å². The van der Waals surface area contributed by atoms with Gasteiger partial charge in [0.1, 0.15) is 11.9 Å². The number of rotatable bonds is 5. The van der Waals surface area contributed by atoms with Crippen LogP contribution >= 0.6 is 0 Å². The minimum absolute atomic E-state index is 0.0809. The number of halogens is 1. The van der Waals surface area contributed by atoms with Crippen LogP contribution in [0.2, 0.25) is 0 Å². The molecule has 1 rings (SSSR count). The average Bonchev–Trinajstić information content (AvgIpc) is 2.22. The van der Waals surface area contributed by atoms with E-state index in [9.17, 15) is 9.18 Å². The smallest absolute Gasteiger partial charge is 0.166 e. The second kappa shape index (κ2) is 5.75. The molecule has 1 aromatic carbocycles. The summed E-state index contributed by atoms with van der Waals surface area (Å²) in [5, 5.41) is 0. The zero-order chi connectivity index (χ0) is 12.1. The van der Waals surface area contributed by atoms with Gasteiger partial charge in [0, 0.05) is 13.5 Å². The largest absolute Gasteiger partial charge is 0.373 e. The van der Waals surface area contributed by atoms with Crippen LogP contribution in [-0.4, -0.2) is 19.0 Å². The fraction of sp³-hybridized carbons (Fsp3) is 0.462. The number of ether oxygens (including phenoxy) is 1. The van der Waals surface area contributed by atoms with Crippen molar-refractivity contribution in [2.24, 2.45) is 5.92 Å². The number of hydrogen-bond acceptors (Lipinski definition) is 2. The van der Waals surface area contributed by atoms with Crippen molar-refractivity contribution in [3.63, 3.8) is 0 Å². The van der Waals surface area contributed by atoms with Gasteiger partial charge in [-0.2, -0.15) is 0 Å². The zero-order valence-corrected chi connectivity index (χ0v) is 9.87. The Morgan fingerprint density at radius 3 is 2.50 bits per heavy atom. The van der Waals surface area contributed by atoms with Crippen LogP contribution in [0, 0.1) is 11.7 Å². The summed E-state index contributed by atoms with van der Waals surface area (Å²) in [7, 11) is 1.50. The lowest BCUT2D eigenvalue weighted by atomic mass is 9.97. The minimum atomic E-state index is -0.459. The van der Waals surface area contributed by atoms with Crippen molar-refractivity contribution in [2.75, 3.05) is 7.11 Å². The Bertz CT molecular complexity index is 361. The lowest BCUT2D eigenvalue weighted by Gasteiger charge is -2.17. The Morgan fingerprint density at radius 2 is 2.00 bits per heavy atom. The van der Waals surface area contributed by atoms with Gasteiger partial charge in [-0.3, -0.25) is 4.79 Å². The fourth-order valence-electron chi connectivity index (χ4n) is 1.71. The van der Waals surface area contributed by atoms with Gasteiger partial charge in [0.25, 0.3) is 0 Å². The van der Waals surface area contributed by atoms with Crippen molar-refractivity contribution in [1.82, 2.24) is 0 Å². The quantitative estimate of drug-likeness (QED) is 0.768. The first-order valence-electron chi connectivity index (χ1n) is 5.35. The highest BCUT2D eigenvalue weighted by molar-refractivity contribution is 5.85. The first-order chi connectivity index (χ1) is 7.56. The Labute approximate surface area is 95.4 Å². The monoisotopic (exact) mass is 224 g/mol. The van der Waals surface area contributed by atoms with Gasteiger partial charge >= 0.3 is 0 Å². The molecule has 1 unspecified atom stereocenters. The lowest BCUT2D eigenvalue weighted by molar-refractivity contribution is -0.130. The van der Waals surface area contributed by atoms with Crippen LogP contribution in [0.3, 0.4) is 0 Å². The predicted molar refractivity (Wildman–Crippen MR) is 60.7 cm³/mol. The molecular formula is C13H17FO2. The molecular weight excluding hydrogens is 207 g/mol. The molecule has 1 atom stereocenters. The third-order valence-corrected chi connectivity index (χ3v) is 2.50. The Hall–Kier alpha value is -1.22. The molecule has 16 heavy (non-hydrogen) atoms. The topological polar surface area (TPSA) is 26.3 Å². The minimum Gasteiger partial charge on any atom is -0.373 e. The number of ketones is 1. The van der Waals surface area contributed by atoms with Gasteiger partial charge in [-0.05, 0) is 17.5 Å². The lowest BCUT2D eigenvalue weighted by Crippen LogP contribution is -2.30. The van der Waals surface area contributed by atoms with Crippen molar-refractivity contribution in [2.45, 2.75) is 26.4 Å². The van der Waals surface area contributed by atoms with Crippen LogP contribution in [0.15, 0.2) is 24.3 Å². The second-order valence-corrected chi connectivity index (χ2v) is 4.13. The van der Waals surface area contributed by atoms with Gasteiger partial charge in [-0.1, -0.05) is 32.0 Å². The van der Waals surface area contributed by atoms with E-state index in [2.05, 4.69) is 0 Å². The van der Waals surface area contributed by atoms with Gasteiger partial charge in [0.15, 0.2) is 5.78 Å². The fourth-order valence-corrected chi connectivity index (χ4v) is 1.71. The Morgan fingerprint density at radius 1 is 1.38 bits per heavy atom. The van der Waals surface area contributed by atoms with E-state index in [1.165, 1.54) is 13.2 Å². The summed E-state index contributed by atoms with van der Waals surface area (Å²) in [5.41, 5.74) is 0.426. The summed E-state index contributed by atoms with van der Waals surface area (Å²) in [4.78, 5) is 11.8. The van der Waals surface area contributed by atoms with Gasteiger partial charge in [-0.25, -0.2) is 4.39 Å². The number of benzene rings is 1. The summed E-state index contributed by atoms with van der Waals surface area (Å²) in [5.74, 6) is -0.318. The molecule has 0 amide bonds. The van der Waals surface area contributed by atoms with E-state index in [-0.39, 0.29) is 23.9 Å². The molecule has 3 heteroatoms. The zero-order valence-electron chi connectivity index (χ0n) is 9.87. The van der Waals surface area contributed by atoms with Gasteiger partial charge in [0.05, 0.1) is 0 Å². The molecule has 0 aliphatic heterocycles.